The van der Waals surface area contributed by atoms with E-state index in [0.717, 1.165) is 50.6 Å². The van der Waals surface area contributed by atoms with E-state index in [2.05, 4.69) is 66.0 Å². The average Bonchev–Trinajstić information content (AvgIpc) is 3.12. The molecule has 1 amide bonds. The minimum Gasteiger partial charge on any atom is -0.441 e. The van der Waals surface area contributed by atoms with Crippen molar-refractivity contribution in [3.05, 3.63) is 42.0 Å². The van der Waals surface area contributed by atoms with Crippen molar-refractivity contribution in [2.24, 2.45) is 11.3 Å². The van der Waals surface area contributed by atoms with Gasteiger partial charge in [-0.25, -0.2) is 4.79 Å². The molecule has 0 bridgehead atoms. The van der Waals surface area contributed by atoms with Gasteiger partial charge in [0.25, 0.3) is 0 Å². The van der Waals surface area contributed by atoms with Crippen molar-refractivity contribution in [1.82, 2.24) is 0 Å². The third-order valence-electron chi connectivity index (χ3n) is 9.36. The molecular weight excluding hydrogens is 506 g/mol. The van der Waals surface area contributed by atoms with Crippen LogP contribution in [0.15, 0.2) is 42.0 Å². The van der Waals surface area contributed by atoms with Crippen molar-refractivity contribution >= 4 is 20.1 Å². The van der Waals surface area contributed by atoms with Gasteiger partial charge in [-0.3, -0.25) is 5.32 Å². The molecule has 7 heteroatoms. The van der Waals surface area contributed by atoms with Gasteiger partial charge in [-0.2, -0.15) is 0 Å². The van der Waals surface area contributed by atoms with Crippen molar-refractivity contribution in [2.45, 2.75) is 122 Å². The van der Waals surface area contributed by atoms with E-state index >= 15 is 0 Å². The summed E-state index contributed by atoms with van der Waals surface area (Å²) in [5, 5.41) is 3.07. The molecule has 2 aliphatic rings. The summed E-state index contributed by atoms with van der Waals surface area (Å²) in [6.45, 7) is 18.5. The lowest BCUT2D eigenvalue weighted by atomic mass is 9.66. The number of anilines is 1. The van der Waals surface area contributed by atoms with Gasteiger partial charge in [0.1, 0.15) is 12.9 Å². The SMILES string of the molecule is COCOC(C)(C)CCC/C=C1\C(OC(=O)Nc2ccccc2)CC2[C@@H](O[Si](C)(C)C(C)(C)C)CCC[C@]12C. The zero-order chi connectivity index (χ0) is 28.9. The van der Waals surface area contributed by atoms with Crippen molar-refractivity contribution in [3.63, 3.8) is 0 Å². The standard InChI is InChI=1S/C32H53NO5Si/c1-30(2,3)39(8,9)38-27-19-15-21-32(6)25(18-13-14-20-31(4,5)36-23-35-7)28(22-26(27)32)37-29(34)33-24-16-11-10-12-17-24/h10-12,16-18,26-28H,13-15,19-23H2,1-9H3,(H,33,34)/b25-18+/t26?,27-,28?,32+/m0/s1. The second-order valence-corrected chi connectivity index (χ2v) is 18.6. The Morgan fingerprint density at radius 1 is 1.15 bits per heavy atom. The predicted octanol–water partition coefficient (Wildman–Crippen LogP) is 8.70. The first kappa shape index (κ1) is 31.8. The molecule has 2 aliphatic carbocycles. The number of carbonyl (C=O) groups is 1. The van der Waals surface area contributed by atoms with E-state index in [-0.39, 0.29) is 28.3 Å². The molecule has 220 valence electrons. The average molecular weight is 560 g/mol. The van der Waals surface area contributed by atoms with E-state index in [1.165, 1.54) is 5.57 Å². The zero-order valence-corrected chi connectivity index (χ0v) is 26.9. The monoisotopic (exact) mass is 559 g/mol. The van der Waals surface area contributed by atoms with Crippen molar-refractivity contribution in [3.8, 4) is 0 Å². The van der Waals surface area contributed by atoms with Crippen LogP contribution in [-0.2, 0) is 18.6 Å². The van der Waals surface area contributed by atoms with E-state index in [9.17, 15) is 4.79 Å². The van der Waals surface area contributed by atoms with E-state index in [1.54, 1.807) is 7.11 Å². The predicted molar refractivity (Wildman–Crippen MR) is 161 cm³/mol. The third-order valence-corrected chi connectivity index (χ3v) is 13.9. The van der Waals surface area contributed by atoms with Gasteiger partial charge in [-0.1, -0.05) is 58.4 Å². The number of para-hydroxylation sites is 1. The number of carbonyl (C=O) groups excluding carboxylic acids is 1. The summed E-state index contributed by atoms with van der Waals surface area (Å²) in [6.07, 6.45) is 8.88. The zero-order valence-electron chi connectivity index (χ0n) is 25.9. The van der Waals surface area contributed by atoms with E-state index in [1.807, 2.05) is 30.3 Å². The molecule has 1 aromatic carbocycles. The molecule has 4 atom stereocenters. The normalized spacial score (nSPS) is 26.9. The molecule has 2 saturated carbocycles. The lowest BCUT2D eigenvalue weighted by molar-refractivity contribution is -0.117. The van der Waals surface area contributed by atoms with Crippen LogP contribution in [-0.4, -0.2) is 46.1 Å². The number of allylic oxidation sites excluding steroid dienone is 1. The van der Waals surface area contributed by atoms with Gasteiger partial charge in [0, 0.05) is 18.9 Å². The van der Waals surface area contributed by atoms with Crippen LogP contribution in [0.4, 0.5) is 10.5 Å². The summed E-state index contributed by atoms with van der Waals surface area (Å²) >= 11 is 0. The highest BCUT2D eigenvalue weighted by molar-refractivity contribution is 6.74. The van der Waals surface area contributed by atoms with Crippen molar-refractivity contribution in [2.75, 3.05) is 19.2 Å². The van der Waals surface area contributed by atoms with Crippen LogP contribution in [0.2, 0.25) is 18.1 Å². The fourth-order valence-corrected chi connectivity index (χ4v) is 7.40. The highest BCUT2D eigenvalue weighted by atomic mass is 28.4. The van der Waals surface area contributed by atoms with Gasteiger partial charge in [0.15, 0.2) is 8.32 Å². The Labute approximate surface area is 238 Å². The van der Waals surface area contributed by atoms with E-state index < -0.39 is 14.4 Å². The third kappa shape index (κ3) is 8.18. The maximum atomic E-state index is 13.0. The molecule has 0 heterocycles. The molecule has 0 saturated heterocycles. The van der Waals surface area contributed by atoms with Gasteiger partial charge in [0.2, 0.25) is 0 Å². The van der Waals surface area contributed by atoms with Crippen molar-refractivity contribution in [1.29, 1.82) is 0 Å². The minimum atomic E-state index is -1.94. The van der Waals surface area contributed by atoms with Crippen LogP contribution in [0.25, 0.3) is 0 Å². The molecular formula is C32H53NO5Si. The summed E-state index contributed by atoms with van der Waals surface area (Å²) in [5.41, 5.74) is 1.74. The van der Waals surface area contributed by atoms with Gasteiger partial charge >= 0.3 is 6.09 Å². The summed E-state index contributed by atoms with van der Waals surface area (Å²) in [6, 6.07) is 9.51. The highest BCUT2D eigenvalue weighted by Gasteiger charge is 2.55. The van der Waals surface area contributed by atoms with Crippen LogP contribution < -0.4 is 5.32 Å². The lowest BCUT2D eigenvalue weighted by Gasteiger charge is -2.47. The molecule has 3 rings (SSSR count). The Balaban J connectivity index is 1.81. The number of unbranched alkanes of at least 4 members (excludes halogenated alkanes) is 1. The van der Waals surface area contributed by atoms with Gasteiger partial charge in [0.05, 0.1) is 5.60 Å². The first-order chi connectivity index (χ1) is 18.2. The molecule has 1 N–H and O–H groups in total. The number of nitrogens with one attached hydrogen (secondary N) is 1. The van der Waals surface area contributed by atoms with E-state index in [0.29, 0.717) is 12.7 Å². The minimum absolute atomic E-state index is 0.0367. The molecule has 1 aromatic rings. The maximum Gasteiger partial charge on any atom is 0.412 e. The Morgan fingerprint density at radius 2 is 1.85 bits per heavy atom. The second-order valence-electron chi connectivity index (χ2n) is 13.8. The molecule has 2 unspecified atom stereocenters. The second kappa shape index (κ2) is 12.9. The topological polar surface area (TPSA) is 66.0 Å². The van der Waals surface area contributed by atoms with E-state index in [4.69, 9.17) is 18.6 Å². The largest absolute Gasteiger partial charge is 0.441 e. The van der Waals surface area contributed by atoms with Crippen LogP contribution in [0.1, 0.15) is 86.5 Å². The smallest absolute Gasteiger partial charge is 0.412 e. The molecule has 0 radical (unpaired) electrons. The fraction of sp³-hybridized carbons (Fsp3) is 0.719. The summed E-state index contributed by atoms with van der Waals surface area (Å²) in [7, 11) is -0.288. The Hall–Kier alpha value is -1.67. The molecule has 6 nitrogen and oxygen atoms in total. The first-order valence-electron chi connectivity index (χ1n) is 14.7. The number of ether oxygens (including phenoxy) is 3. The highest BCUT2D eigenvalue weighted by Crippen LogP contribution is 2.58. The molecule has 0 spiro atoms. The fourth-order valence-electron chi connectivity index (χ4n) is 6.01. The molecule has 0 aliphatic heterocycles. The Morgan fingerprint density at radius 3 is 2.49 bits per heavy atom. The van der Waals surface area contributed by atoms with Gasteiger partial charge in [-0.05, 0) is 99.5 Å². The van der Waals surface area contributed by atoms with Crippen LogP contribution in [0.3, 0.4) is 0 Å². The number of benzene rings is 1. The van der Waals surface area contributed by atoms with Crippen LogP contribution >= 0.6 is 0 Å². The number of fused-ring (bicyclic) bond motifs is 1. The van der Waals surface area contributed by atoms with Crippen LogP contribution in [0.5, 0.6) is 0 Å². The number of rotatable bonds is 11. The summed E-state index contributed by atoms with van der Waals surface area (Å²) < 4.78 is 24.2. The van der Waals surface area contributed by atoms with Crippen molar-refractivity contribution < 1.29 is 23.4 Å². The molecule has 2 fully saturated rings. The van der Waals surface area contributed by atoms with Gasteiger partial charge < -0.3 is 18.6 Å². The number of amides is 1. The maximum absolute atomic E-state index is 13.0. The van der Waals surface area contributed by atoms with Gasteiger partial charge in [-0.15, -0.1) is 0 Å². The molecule has 0 aromatic heterocycles. The molecule has 39 heavy (non-hydrogen) atoms. The quantitative estimate of drug-likeness (QED) is 0.127. The Kier molecular flexibility index (Phi) is 10.5. The first-order valence-corrected chi connectivity index (χ1v) is 17.6. The number of hydrogen-bond donors (Lipinski definition) is 1. The van der Waals surface area contributed by atoms with Crippen LogP contribution in [0, 0.1) is 11.3 Å². The number of methoxy groups -OCH3 is 1. The summed E-state index contributed by atoms with van der Waals surface area (Å²) in [4.78, 5) is 13.0. The lowest BCUT2D eigenvalue weighted by Crippen LogP contribution is -2.49. The number of hydrogen-bond acceptors (Lipinski definition) is 5. The Bertz CT molecular complexity index is 971. The summed E-state index contributed by atoms with van der Waals surface area (Å²) in [5.74, 6) is 0.336.